The zero-order valence-corrected chi connectivity index (χ0v) is 20.9. The van der Waals surface area contributed by atoms with Crippen molar-refractivity contribution in [2.45, 2.75) is 44.3 Å². The molecule has 0 spiro atoms. The molecule has 0 unspecified atom stereocenters. The zero-order valence-electron chi connectivity index (χ0n) is 20.0. The lowest BCUT2D eigenvalue weighted by Gasteiger charge is -2.35. The van der Waals surface area contributed by atoms with Crippen LogP contribution >= 0.6 is 0 Å². The molecule has 0 aromatic heterocycles. The fourth-order valence-corrected chi connectivity index (χ4v) is 4.85. The number of anilines is 2. The van der Waals surface area contributed by atoms with Gasteiger partial charge in [-0.2, -0.15) is 0 Å². The van der Waals surface area contributed by atoms with Crippen LogP contribution in [0.1, 0.15) is 27.7 Å². The molecular weight excluding hydrogens is 481 g/mol. The highest BCUT2D eigenvalue weighted by atomic mass is 32.2. The number of hydrogen-bond acceptors (Lipinski definition) is 7. The minimum Gasteiger partial charge on any atom is -0.494 e. The maximum absolute atomic E-state index is 13.9. The molecule has 0 saturated heterocycles. The average Bonchev–Trinajstić information content (AvgIpc) is 2.76. The summed E-state index contributed by atoms with van der Waals surface area (Å²) in [6.07, 6.45) is -1.41. The third kappa shape index (κ3) is 6.32. The average molecular weight is 510 g/mol. The first-order valence-electron chi connectivity index (χ1n) is 10.7. The van der Waals surface area contributed by atoms with E-state index in [0.717, 1.165) is 22.5 Å². The quantitative estimate of drug-likeness (QED) is 0.613. The van der Waals surface area contributed by atoms with Gasteiger partial charge in [-0.05, 0) is 51.1 Å². The van der Waals surface area contributed by atoms with Crippen LogP contribution in [0, 0.1) is 5.82 Å². The number of hydrogen-bond donors (Lipinski definition) is 2. The van der Waals surface area contributed by atoms with E-state index in [1.807, 2.05) is 0 Å². The van der Waals surface area contributed by atoms with Crippen LogP contribution in [-0.2, 0) is 19.6 Å². The lowest BCUT2D eigenvalue weighted by Crippen LogP contribution is -2.48. The van der Waals surface area contributed by atoms with Crippen LogP contribution in [0.5, 0.6) is 11.5 Å². The molecule has 2 aromatic carbocycles. The summed E-state index contributed by atoms with van der Waals surface area (Å²) in [5, 5.41) is 5.19. The Hall–Kier alpha value is -3.54. The summed E-state index contributed by atoms with van der Waals surface area (Å²) < 4.78 is 58.4. The van der Waals surface area contributed by atoms with Crippen LogP contribution in [0.2, 0.25) is 0 Å². The Morgan fingerprint density at radius 3 is 2.54 bits per heavy atom. The molecule has 2 amide bonds. The third-order valence-corrected chi connectivity index (χ3v) is 6.60. The largest absolute Gasteiger partial charge is 0.494 e. The summed E-state index contributed by atoms with van der Waals surface area (Å²) in [6.45, 7) is 6.40. The predicted octanol–water partition coefficient (Wildman–Crippen LogP) is 3.27. The van der Waals surface area contributed by atoms with Gasteiger partial charge in [0.1, 0.15) is 17.5 Å². The van der Waals surface area contributed by atoms with Gasteiger partial charge in [0.05, 0.1) is 30.8 Å². The number of methoxy groups -OCH3 is 1. The standard InChI is InChI=1S/C23H28FN3O7S/c1-14(28)25-12-16-13-27(35(30,31)17-7-8-18(24)21(11-17)32-5)19-10-15(6-9-20(19)33-16)26-22(29)34-23(2,3)4/h6-11,16H,12-13H2,1-5H3,(H,25,28)(H,26,29)/t16-/m0/s1. The van der Waals surface area contributed by atoms with Gasteiger partial charge in [0.2, 0.25) is 5.91 Å². The molecule has 0 radical (unpaired) electrons. The summed E-state index contributed by atoms with van der Waals surface area (Å²) in [5.74, 6) is -1.01. The van der Waals surface area contributed by atoms with Crippen molar-refractivity contribution in [1.29, 1.82) is 0 Å². The molecule has 1 atom stereocenters. The molecule has 2 N–H and O–H groups in total. The van der Waals surface area contributed by atoms with Gasteiger partial charge in [-0.25, -0.2) is 17.6 Å². The fourth-order valence-electron chi connectivity index (χ4n) is 3.33. The maximum atomic E-state index is 13.9. The Kier molecular flexibility index (Phi) is 7.44. The Bertz CT molecular complexity index is 1230. The summed E-state index contributed by atoms with van der Waals surface area (Å²) >= 11 is 0. The molecule has 0 bridgehead atoms. The lowest BCUT2D eigenvalue weighted by atomic mass is 10.2. The monoisotopic (exact) mass is 509 g/mol. The Morgan fingerprint density at radius 2 is 1.91 bits per heavy atom. The molecular formula is C23H28FN3O7S. The number of carbonyl (C=O) groups excluding carboxylic acids is 2. The number of nitrogens with one attached hydrogen (secondary N) is 2. The van der Waals surface area contributed by atoms with Gasteiger partial charge in [-0.3, -0.25) is 14.4 Å². The molecule has 12 heteroatoms. The molecule has 2 aromatic rings. The van der Waals surface area contributed by atoms with Crippen LogP contribution in [0.25, 0.3) is 0 Å². The van der Waals surface area contributed by atoms with E-state index in [4.69, 9.17) is 14.2 Å². The van der Waals surface area contributed by atoms with E-state index in [1.165, 1.54) is 32.2 Å². The number of fused-ring (bicyclic) bond motifs is 1. The van der Waals surface area contributed by atoms with E-state index >= 15 is 0 Å². The molecule has 0 fully saturated rings. The zero-order chi connectivity index (χ0) is 26.0. The van der Waals surface area contributed by atoms with Crippen molar-refractivity contribution in [3.05, 3.63) is 42.2 Å². The van der Waals surface area contributed by atoms with Gasteiger partial charge in [-0.1, -0.05) is 0 Å². The Balaban J connectivity index is 2.01. The normalized spacial score (nSPS) is 15.5. The molecule has 3 rings (SSSR count). The van der Waals surface area contributed by atoms with Crippen LogP contribution in [0.4, 0.5) is 20.6 Å². The number of halogens is 1. The number of nitrogens with zero attached hydrogens (tertiary/aromatic N) is 1. The van der Waals surface area contributed by atoms with E-state index in [1.54, 1.807) is 20.8 Å². The molecule has 0 aliphatic carbocycles. The molecule has 0 saturated carbocycles. The molecule has 10 nitrogen and oxygen atoms in total. The van der Waals surface area contributed by atoms with Crippen molar-refractivity contribution in [1.82, 2.24) is 5.32 Å². The van der Waals surface area contributed by atoms with Gasteiger partial charge in [0.15, 0.2) is 11.6 Å². The molecule has 35 heavy (non-hydrogen) atoms. The van der Waals surface area contributed by atoms with Gasteiger partial charge in [-0.15, -0.1) is 0 Å². The van der Waals surface area contributed by atoms with Gasteiger partial charge < -0.3 is 19.5 Å². The van der Waals surface area contributed by atoms with E-state index < -0.39 is 33.6 Å². The van der Waals surface area contributed by atoms with Gasteiger partial charge in [0, 0.05) is 18.7 Å². The number of rotatable bonds is 6. The van der Waals surface area contributed by atoms with Crippen molar-refractivity contribution in [3.8, 4) is 11.5 Å². The van der Waals surface area contributed by atoms with Crippen molar-refractivity contribution < 1.29 is 36.6 Å². The lowest BCUT2D eigenvalue weighted by molar-refractivity contribution is -0.119. The second kappa shape index (κ2) is 9.98. The van der Waals surface area contributed by atoms with E-state index in [-0.39, 0.29) is 46.8 Å². The summed E-state index contributed by atoms with van der Waals surface area (Å²) in [4.78, 5) is 23.4. The Labute approximate surface area is 203 Å². The fraction of sp³-hybridized carbons (Fsp3) is 0.391. The van der Waals surface area contributed by atoms with Crippen LogP contribution in [0.15, 0.2) is 41.3 Å². The predicted molar refractivity (Wildman–Crippen MR) is 127 cm³/mol. The number of amides is 2. The summed E-state index contributed by atoms with van der Waals surface area (Å²) in [7, 11) is -2.99. The number of carbonyl (C=O) groups is 2. The molecule has 1 heterocycles. The van der Waals surface area contributed by atoms with Crippen LogP contribution < -0.4 is 24.4 Å². The summed E-state index contributed by atoms with van der Waals surface area (Å²) in [6, 6.07) is 7.71. The van der Waals surface area contributed by atoms with E-state index in [9.17, 15) is 22.4 Å². The molecule has 1 aliphatic heterocycles. The highest BCUT2D eigenvalue weighted by Gasteiger charge is 2.35. The smallest absolute Gasteiger partial charge is 0.412 e. The van der Waals surface area contributed by atoms with Gasteiger partial charge in [0.25, 0.3) is 10.0 Å². The first-order valence-corrected chi connectivity index (χ1v) is 12.2. The second-order valence-corrected chi connectivity index (χ2v) is 10.7. The second-order valence-electron chi connectivity index (χ2n) is 8.82. The molecule has 1 aliphatic rings. The minimum absolute atomic E-state index is 0.0610. The highest BCUT2D eigenvalue weighted by molar-refractivity contribution is 7.92. The molecule has 190 valence electrons. The van der Waals surface area contributed by atoms with Gasteiger partial charge >= 0.3 is 6.09 Å². The maximum Gasteiger partial charge on any atom is 0.412 e. The highest BCUT2D eigenvalue weighted by Crippen LogP contribution is 2.39. The van der Waals surface area contributed by atoms with Crippen molar-refractivity contribution >= 4 is 33.4 Å². The van der Waals surface area contributed by atoms with E-state index in [0.29, 0.717) is 0 Å². The van der Waals surface area contributed by atoms with Crippen molar-refractivity contribution in [3.63, 3.8) is 0 Å². The number of benzene rings is 2. The summed E-state index contributed by atoms with van der Waals surface area (Å²) in [5.41, 5.74) is -0.297. The van der Waals surface area contributed by atoms with E-state index in [2.05, 4.69) is 10.6 Å². The minimum atomic E-state index is -4.22. The third-order valence-electron chi connectivity index (χ3n) is 4.83. The number of ether oxygens (including phenoxy) is 3. The SMILES string of the molecule is COc1cc(S(=O)(=O)N2C[C@H](CNC(C)=O)Oc3ccc(NC(=O)OC(C)(C)C)cc32)ccc1F. The van der Waals surface area contributed by atoms with Crippen LogP contribution in [-0.4, -0.2) is 52.3 Å². The Morgan fingerprint density at radius 1 is 1.20 bits per heavy atom. The first kappa shape index (κ1) is 26.1. The first-order chi connectivity index (χ1) is 16.3. The van der Waals surface area contributed by atoms with Crippen molar-refractivity contribution in [2.75, 3.05) is 29.8 Å². The topological polar surface area (TPSA) is 123 Å². The van der Waals surface area contributed by atoms with Crippen molar-refractivity contribution in [2.24, 2.45) is 0 Å². The van der Waals surface area contributed by atoms with Crippen LogP contribution in [0.3, 0.4) is 0 Å². The number of sulfonamides is 1.